The molecule has 0 saturated carbocycles. The minimum absolute atomic E-state index is 0.499. The average Bonchev–Trinajstić information content (AvgIpc) is 1.62. The number of fused-ring (bicyclic) bond motifs is 14. The van der Waals surface area contributed by atoms with Crippen molar-refractivity contribution in [2.75, 3.05) is 0 Å². The lowest BCUT2D eigenvalue weighted by molar-refractivity contribution is 0.953. The predicted octanol–water partition coefficient (Wildman–Crippen LogP) is 16.8. The minimum Gasteiger partial charge on any atom is -0.307 e. The van der Waals surface area contributed by atoms with E-state index in [-0.39, 0.29) is 0 Å². The fourth-order valence-electron chi connectivity index (χ4n) is 14.9. The van der Waals surface area contributed by atoms with Gasteiger partial charge in [-0.2, -0.15) is 15.0 Å². The van der Waals surface area contributed by atoms with E-state index in [0.29, 0.717) is 34.8 Å². The lowest BCUT2D eigenvalue weighted by Crippen LogP contribution is -2.76. The molecule has 19 aromatic rings. The first kappa shape index (κ1) is 54.1. The van der Waals surface area contributed by atoms with Gasteiger partial charge in [-0.05, 0) is 64.1 Å². The molecule has 6 aromatic heterocycles. The van der Waals surface area contributed by atoms with Crippen LogP contribution in [0.2, 0.25) is 0 Å². The highest BCUT2D eigenvalue weighted by Gasteiger charge is 2.46. The maximum atomic E-state index is 6.11. The molecule has 0 atom stereocenters. The lowest BCUT2D eigenvalue weighted by atomic mass is 10.1. The number of aromatic nitrogens is 10. The standard InChI is InChI=1S/C84H54N10Si/c1-8-28-55(29-9-1)79-85-80(56-30-10-2-11-31-56)87-82(86-79)94-74-53-48-62(54-70(74)69-52-51-67-64-43-23-26-46-72(64)92(76(67)78(69)94)59-36-16-5-17-37-59)95(60-38-18-6-19-39-60,61-40-20-7-21-41-61)84-89-81(57-32-12-3-13-33-57)88-83(90-84)93-73-47-27-24-44-65(73)68-50-49-66-63-42-22-25-45-71(63)91(75(66)77(68)93)58-34-14-4-15-35-58/h1-54H. The van der Waals surface area contributed by atoms with Crippen LogP contribution in [0.15, 0.2) is 328 Å². The number of hydrogen-bond donors (Lipinski definition) is 0. The summed E-state index contributed by atoms with van der Waals surface area (Å²) in [7, 11) is -3.75. The Morgan fingerprint density at radius 2 is 0.526 bits per heavy atom. The Bertz CT molecular complexity index is 6090. The van der Waals surface area contributed by atoms with Gasteiger partial charge < -0.3 is 9.13 Å². The molecule has 0 unspecified atom stereocenters. The summed E-state index contributed by atoms with van der Waals surface area (Å²) >= 11 is 0. The molecule has 0 saturated heterocycles. The van der Waals surface area contributed by atoms with Crippen LogP contribution in [0.3, 0.4) is 0 Å². The van der Waals surface area contributed by atoms with Crippen molar-refractivity contribution in [2.45, 2.75) is 0 Å². The molecule has 444 valence electrons. The number of benzene rings is 13. The summed E-state index contributed by atoms with van der Waals surface area (Å²) < 4.78 is 9.42. The third-order valence-corrected chi connectivity index (χ3v) is 23.5. The van der Waals surface area contributed by atoms with Crippen LogP contribution in [0, 0.1) is 0 Å². The molecule has 0 spiro atoms. The first-order valence-corrected chi connectivity index (χ1v) is 34.0. The minimum atomic E-state index is -3.75. The quantitative estimate of drug-likeness (QED) is 0.0945. The molecule has 0 aliphatic heterocycles. The van der Waals surface area contributed by atoms with E-state index in [0.717, 1.165) is 131 Å². The number of para-hydroxylation sites is 5. The fraction of sp³-hybridized carbons (Fsp3) is 0. The molecule has 6 heterocycles. The normalized spacial score (nSPS) is 12.0. The van der Waals surface area contributed by atoms with Gasteiger partial charge >= 0.3 is 0 Å². The van der Waals surface area contributed by atoms with Crippen LogP contribution < -0.4 is 21.0 Å². The van der Waals surface area contributed by atoms with Gasteiger partial charge in [-0.15, -0.1) is 0 Å². The van der Waals surface area contributed by atoms with E-state index in [1.54, 1.807) is 0 Å². The summed E-state index contributed by atoms with van der Waals surface area (Å²) in [5.41, 5.74) is 13.6. The van der Waals surface area contributed by atoms with Crippen molar-refractivity contribution < 1.29 is 0 Å². The van der Waals surface area contributed by atoms with Gasteiger partial charge in [0.25, 0.3) is 0 Å². The highest BCUT2D eigenvalue weighted by molar-refractivity contribution is 7.19. The van der Waals surface area contributed by atoms with Gasteiger partial charge in [0.2, 0.25) is 20.0 Å². The first-order valence-electron chi connectivity index (χ1n) is 32.0. The van der Waals surface area contributed by atoms with E-state index in [1.165, 1.54) is 0 Å². The largest absolute Gasteiger partial charge is 0.307 e. The molecule has 19 rings (SSSR count). The molecule has 0 radical (unpaired) electrons. The zero-order valence-electron chi connectivity index (χ0n) is 51.1. The molecule has 11 heteroatoms. The van der Waals surface area contributed by atoms with Crippen LogP contribution in [0.5, 0.6) is 0 Å². The molecule has 13 aromatic carbocycles. The Labute approximate surface area is 546 Å². The van der Waals surface area contributed by atoms with Gasteiger partial charge in [-0.3, -0.25) is 9.13 Å². The van der Waals surface area contributed by atoms with Crippen molar-refractivity contribution in [2.24, 2.45) is 0 Å². The second-order valence-electron chi connectivity index (χ2n) is 24.2. The second-order valence-corrected chi connectivity index (χ2v) is 27.8. The van der Waals surface area contributed by atoms with Crippen molar-refractivity contribution in [3.63, 3.8) is 0 Å². The molecule has 0 N–H and O–H groups in total. The Morgan fingerprint density at radius 3 is 0.947 bits per heavy atom. The number of hydrogen-bond acceptors (Lipinski definition) is 6. The molecule has 0 aliphatic carbocycles. The number of nitrogens with zero attached hydrogens (tertiary/aromatic N) is 10. The van der Waals surface area contributed by atoms with Gasteiger partial charge in [0, 0.05) is 71.2 Å². The molecule has 0 bridgehead atoms. The number of rotatable bonds is 11. The van der Waals surface area contributed by atoms with Crippen molar-refractivity contribution >= 4 is 116 Å². The summed E-state index contributed by atoms with van der Waals surface area (Å²) in [4.78, 5) is 34.0. The summed E-state index contributed by atoms with van der Waals surface area (Å²) in [6.07, 6.45) is 0. The predicted molar refractivity (Wildman–Crippen MR) is 390 cm³/mol. The topological polar surface area (TPSA) is 97.1 Å². The summed E-state index contributed by atoms with van der Waals surface area (Å²) in [6, 6.07) is 117. The molecular weight excluding hydrogens is 1180 g/mol. The SMILES string of the molecule is c1ccc(-c2nc(-c3ccccc3)nc(-n3c4ccc([Si](c5ccccc5)(c5ccccc5)c5nc(-c6ccccc6)nc(-n6c7ccccc7c7ccc8c9ccccc9n(-c9ccccc9)c8c76)n5)cc4c4ccc5c6ccccc6n(-c6ccccc6)c5c43)n2)cc1. The van der Waals surface area contributed by atoms with Gasteiger partial charge in [-0.25, -0.2) is 15.0 Å². The van der Waals surface area contributed by atoms with Crippen molar-refractivity contribution in [3.05, 3.63) is 328 Å². The molecule has 95 heavy (non-hydrogen) atoms. The highest BCUT2D eigenvalue weighted by atomic mass is 28.3. The van der Waals surface area contributed by atoms with Crippen LogP contribution in [-0.2, 0) is 0 Å². The zero-order chi connectivity index (χ0) is 62.6. The van der Waals surface area contributed by atoms with Gasteiger partial charge in [0.1, 0.15) is 5.45 Å². The van der Waals surface area contributed by atoms with E-state index in [4.69, 9.17) is 29.9 Å². The van der Waals surface area contributed by atoms with Crippen molar-refractivity contribution in [3.8, 4) is 57.4 Å². The van der Waals surface area contributed by atoms with Gasteiger partial charge in [0.15, 0.2) is 17.5 Å². The molecule has 0 amide bonds. The maximum Gasteiger partial charge on any atom is 0.238 e. The molecule has 10 nitrogen and oxygen atoms in total. The smallest absolute Gasteiger partial charge is 0.238 e. The van der Waals surface area contributed by atoms with Gasteiger partial charge in [-0.1, -0.05) is 279 Å². The Morgan fingerprint density at radius 1 is 0.211 bits per heavy atom. The monoisotopic (exact) mass is 1230 g/mol. The van der Waals surface area contributed by atoms with Crippen molar-refractivity contribution in [1.29, 1.82) is 0 Å². The van der Waals surface area contributed by atoms with E-state index in [9.17, 15) is 0 Å². The fourth-order valence-corrected chi connectivity index (χ4v) is 19.3. The third-order valence-electron chi connectivity index (χ3n) is 19.0. The van der Waals surface area contributed by atoms with Crippen LogP contribution in [0.1, 0.15) is 0 Å². The van der Waals surface area contributed by atoms with E-state index in [2.05, 4.69) is 303 Å². The Balaban J connectivity index is 0.961. The molecular formula is C84H54N10Si. The Hall–Kier alpha value is -12.7. The van der Waals surface area contributed by atoms with E-state index < -0.39 is 8.07 Å². The maximum absolute atomic E-state index is 6.11. The Kier molecular flexibility index (Phi) is 12.4. The zero-order valence-corrected chi connectivity index (χ0v) is 52.1. The van der Waals surface area contributed by atoms with E-state index in [1.807, 2.05) is 42.5 Å². The van der Waals surface area contributed by atoms with Crippen LogP contribution >= 0.6 is 0 Å². The lowest BCUT2D eigenvalue weighted by Gasteiger charge is -2.32. The van der Waals surface area contributed by atoms with Crippen LogP contribution in [0.4, 0.5) is 0 Å². The average molecular weight is 1230 g/mol. The molecule has 0 fully saturated rings. The second kappa shape index (κ2) is 21.7. The first-order chi connectivity index (χ1) is 47.2. The van der Waals surface area contributed by atoms with Crippen molar-refractivity contribution in [1.82, 2.24) is 48.2 Å². The summed E-state index contributed by atoms with van der Waals surface area (Å²) in [5, 5.41) is 12.1. The van der Waals surface area contributed by atoms with E-state index >= 15 is 0 Å². The summed E-state index contributed by atoms with van der Waals surface area (Å²) in [5.74, 6) is 2.73. The molecule has 0 aliphatic rings. The third kappa shape index (κ3) is 8.36. The summed E-state index contributed by atoms with van der Waals surface area (Å²) in [6.45, 7) is 0. The highest BCUT2D eigenvalue weighted by Crippen LogP contribution is 2.44. The van der Waals surface area contributed by atoms with Crippen LogP contribution in [-0.4, -0.2) is 56.2 Å². The van der Waals surface area contributed by atoms with Gasteiger partial charge in [0.05, 0.1) is 44.1 Å². The van der Waals surface area contributed by atoms with Crippen LogP contribution in [0.25, 0.3) is 145 Å².